The number of carboxylic acids is 1. The summed E-state index contributed by atoms with van der Waals surface area (Å²) in [6, 6.07) is 6.55. The first-order valence-electron chi connectivity index (χ1n) is 6.88. The number of carbonyl (C=O) groups is 2. The van der Waals surface area contributed by atoms with E-state index in [1.165, 1.54) is 0 Å². The highest BCUT2D eigenvalue weighted by atomic mass is 16.4. The Labute approximate surface area is 125 Å². The zero-order chi connectivity index (χ0) is 15.9. The van der Waals surface area contributed by atoms with Crippen molar-refractivity contribution in [3.63, 3.8) is 0 Å². The number of carbonyl (C=O) groups excluding carboxylic acids is 1. The van der Waals surface area contributed by atoms with E-state index in [2.05, 4.69) is 10.6 Å². The Morgan fingerprint density at radius 1 is 1.24 bits per heavy atom. The van der Waals surface area contributed by atoms with Crippen molar-refractivity contribution in [1.29, 1.82) is 0 Å². The van der Waals surface area contributed by atoms with E-state index in [0.29, 0.717) is 17.8 Å². The van der Waals surface area contributed by atoms with Gasteiger partial charge in [-0.15, -0.1) is 0 Å². The predicted octanol–water partition coefficient (Wildman–Crippen LogP) is 3.14. The van der Waals surface area contributed by atoms with E-state index >= 15 is 0 Å². The lowest BCUT2D eigenvalue weighted by atomic mass is 9.85. The van der Waals surface area contributed by atoms with Crippen LogP contribution < -0.4 is 10.6 Å². The van der Waals surface area contributed by atoms with Gasteiger partial charge in [0.05, 0.1) is 5.41 Å². The second kappa shape index (κ2) is 7.47. The van der Waals surface area contributed by atoms with Crippen molar-refractivity contribution in [2.45, 2.75) is 32.6 Å². The molecule has 0 radical (unpaired) electrons. The van der Waals surface area contributed by atoms with Gasteiger partial charge in [0, 0.05) is 12.2 Å². The summed E-state index contributed by atoms with van der Waals surface area (Å²) in [4.78, 5) is 22.8. The van der Waals surface area contributed by atoms with Crippen LogP contribution >= 0.6 is 0 Å². The zero-order valence-electron chi connectivity index (χ0n) is 12.6. The van der Waals surface area contributed by atoms with Crippen LogP contribution in [0, 0.1) is 0 Å². The summed E-state index contributed by atoms with van der Waals surface area (Å²) in [6.07, 6.45) is 4.70. The van der Waals surface area contributed by atoms with Gasteiger partial charge < -0.3 is 15.7 Å². The summed E-state index contributed by atoms with van der Waals surface area (Å²) < 4.78 is 0. The van der Waals surface area contributed by atoms with Crippen LogP contribution in [0.2, 0.25) is 0 Å². The maximum atomic E-state index is 11.6. The predicted molar refractivity (Wildman–Crippen MR) is 83.6 cm³/mol. The van der Waals surface area contributed by atoms with Crippen LogP contribution in [0.25, 0.3) is 0 Å². The van der Waals surface area contributed by atoms with Crippen molar-refractivity contribution in [3.8, 4) is 0 Å². The summed E-state index contributed by atoms with van der Waals surface area (Å²) in [7, 11) is 0. The topological polar surface area (TPSA) is 78.4 Å². The van der Waals surface area contributed by atoms with Gasteiger partial charge in [-0.1, -0.05) is 24.3 Å². The van der Waals surface area contributed by atoms with E-state index in [9.17, 15) is 9.59 Å². The fourth-order valence-electron chi connectivity index (χ4n) is 1.70. The van der Waals surface area contributed by atoms with Gasteiger partial charge in [-0.3, -0.25) is 4.79 Å². The van der Waals surface area contributed by atoms with E-state index < -0.39 is 11.4 Å². The Bertz CT molecular complexity index is 519. The van der Waals surface area contributed by atoms with Crippen molar-refractivity contribution < 1.29 is 14.7 Å². The number of allylic oxidation sites excluding steroid dienone is 1. The molecule has 5 nitrogen and oxygen atoms in total. The van der Waals surface area contributed by atoms with Crippen molar-refractivity contribution >= 4 is 17.7 Å². The minimum Gasteiger partial charge on any atom is -0.481 e. The van der Waals surface area contributed by atoms with Gasteiger partial charge in [0.1, 0.15) is 0 Å². The third kappa shape index (κ3) is 4.95. The molecule has 0 aliphatic heterocycles. The molecule has 114 valence electrons. The zero-order valence-corrected chi connectivity index (χ0v) is 12.6. The van der Waals surface area contributed by atoms with E-state index in [4.69, 9.17) is 5.11 Å². The van der Waals surface area contributed by atoms with Crippen LogP contribution in [0.3, 0.4) is 0 Å². The number of benzene rings is 1. The number of rotatable bonds is 6. The molecule has 5 heteroatoms. The molecular weight excluding hydrogens is 268 g/mol. The number of anilines is 1. The average Bonchev–Trinajstić information content (AvgIpc) is 2.44. The number of aliphatic carboxylic acids is 1. The molecule has 1 aromatic rings. The largest absolute Gasteiger partial charge is 0.481 e. The first-order chi connectivity index (χ1) is 9.87. The monoisotopic (exact) mass is 290 g/mol. The first kappa shape index (κ1) is 16.8. The number of amides is 2. The van der Waals surface area contributed by atoms with Crippen LogP contribution in [0.4, 0.5) is 10.5 Å². The summed E-state index contributed by atoms with van der Waals surface area (Å²) in [5.74, 6) is -0.884. The molecule has 0 fully saturated rings. The van der Waals surface area contributed by atoms with Crippen molar-refractivity contribution in [2.24, 2.45) is 0 Å². The van der Waals surface area contributed by atoms with Gasteiger partial charge in [-0.25, -0.2) is 4.79 Å². The van der Waals surface area contributed by atoms with Gasteiger partial charge >= 0.3 is 12.0 Å². The Morgan fingerprint density at radius 3 is 2.38 bits per heavy atom. The van der Waals surface area contributed by atoms with Gasteiger partial charge in [0.2, 0.25) is 0 Å². The molecule has 0 atom stereocenters. The number of carboxylic acid groups (broad SMARTS) is 1. The Balaban J connectivity index is 2.59. The summed E-state index contributed by atoms with van der Waals surface area (Å²) >= 11 is 0. The molecule has 0 saturated heterocycles. The molecule has 0 saturated carbocycles. The van der Waals surface area contributed by atoms with Crippen molar-refractivity contribution in [1.82, 2.24) is 5.32 Å². The van der Waals surface area contributed by atoms with Crippen LogP contribution in [-0.2, 0) is 10.2 Å². The molecule has 0 unspecified atom stereocenters. The third-order valence-corrected chi connectivity index (χ3v) is 3.23. The molecule has 0 aliphatic carbocycles. The molecular formula is C16H22N2O3. The maximum absolute atomic E-state index is 11.6. The van der Waals surface area contributed by atoms with E-state index in [0.717, 1.165) is 6.42 Å². The molecule has 1 aromatic carbocycles. The van der Waals surface area contributed by atoms with Gasteiger partial charge in [-0.05, 0) is 44.9 Å². The molecule has 0 spiro atoms. The Kier molecular flexibility index (Phi) is 5.96. The molecule has 21 heavy (non-hydrogen) atoms. The minimum absolute atomic E-state index is 0.273. The van der Waals surface area contributed by atoms with Crippen LogP contribution in [0.5, 0.6) is 0 Å². The van der Waals surface area contributed by atoms with E-state index in [1.807, 2.05) is 19.1 Å². The SMILES string of the molecule is C/C=C/CCNC(=O)Nc1ccc(C(C)(C)C(=O)O)cc1. The van der Waals surface area contributed by atoms with Crippen LogP contribution in [0.1, 0.15) is 32.8 Å². The lowest BCUT2D eigenvalue weighted by molar-refractivity contribution is -0.142. The van der Waals surface area contributed by atoms with Gasteiger partial charge in [0.25, 0.3) is 0 Å². The van der Waals surface area contributed by atoms with Gasteiger partial charge in [-0.2, -0.15) is 0 Å². The smallest absolute Gasteiger partial charge is 0.319 e. The van der Waals surface area contributed by atoms with Gasteiger partial charge in [0.15, 0.2) is 0 Å². The first-order valence-corrected chi connectivity index (χ1v) is 6.88. The highest BCUT2D eigenvalue weighted by Crippen LogP contribution is 2.24. The van der Waals surface area contributed by atoms with Crippen molar-refractivity contribution in [2.75, 3.05) is 11.9 Å². The number of urea groups is 1. The molecule has 0 bridgehead atoms. The average molecular weight is 290 g/mol. The minimum atomic E-state index is -0.951. The fraction of sp³-hybridized carbons (Fsp3) is 0.375. The van der Waals surface area contributed by atoms with Crippen molar-refractivity contribution in [3.05, 3.63) is 42.0 Å². The third-order valence-electron chi connectivity index (χ3n) is 3.23. The lowest BCUT2D eigenvalue weighted by Crippen LogP contribution is -2.30. The van der Waals surface area contributed by atoms with Crippen LogP contribution in [-0.4, -0.2) is 23.7 Å². The quantitative estimate of drug-likeness (QED) is 0.556. The molecule has 3 N–H and O–H groups in total. The molecule has 0 aromatic heterocycles. The molecule has 0 heterocycles. The van der Waals surface area contributed by atoms with Crippen LogP contribution in [0.15, 0.2) is 36.4 Å². The number of hydrogen-bond acceptors (Lipinski definition) is 2. The fourth-order valence-corrected chi connectivity index (χ4v) is 1.70. The highest BCUT2D eigenvalue weighted by molar-refractivity contribution is 5.89. The van der Waals surface area contributed by atoms with E-state index in [1.54, 1.807) is 38.1 Å². The normalized spacial score (nSPS) is 11.4. The number of hydrogen-bond donors (Lipinski definition) is 3. The van der Waals surface area contributed by atoms with E-state index in [-0.39, 0.29) is 6.03 Å². The molecule has 0 aliphatic rings. The molecule has 1 rings (SSSR count). The summed E-state index contributed by atoms with van der Waals surface area (Å²) in [5.41, 5.74) is 0.366. The number of nitrogens with one attached hydrogen (secondary N) is 2. The lowest BCUT2D eigenvalue weighted by Gasteiger charge is -2.19. The summed E-state index contributed by atoms with van der Waals surface area (Å²) in [6.45, 7) is 5.79. The highest BCUT2D eigenvalue weighted by Gasteiger charge is 2.29. The molecule has 2 amide bonds. The standard InChI is InChI=1S/C16H22N2O3/c1-4-5-6-11-17-15(21)18-13-9-7-12(8-10-13)16(2,3)14(19)20/h4-5,7-10H,6,11H2,1-3H3,(H,19,20)(H2,17,18,21)/b5-4+. The second-order valence-corrected chi connectivity index (χ2v) is 5.25. The Hall–Kier alpha value is -2.30. The second-order valence-electron chi connectivity index (χ2n) is 5.25. The Morgan fingerprint density at radius 2 is 1.86 bits per heavy atom. The summed E-state index contributed by atoms with van der Waals surface area (Å²) in [5, 5.41) is 14.6. The maximum Gasteiger partial charge on any atom is 0.319 e.